The predicted octanol–water partition coefficient (Wildman–Crippen LogP) is 2.10. The van der Waals surface area contributed by atoms with Gasteiger partial charge >= 0.3 is 5.69 Å². The van der Waals surface area contributed by atoms with Gasteiger partial charge in [0.25, 0.3) is 0 Å². The molecule has 7 heteroatoms. The molecular formula is C15H25N3O3S. The van der Waals surface area contributed by atoms with Gasteiger partial charge in [-0.05, 0) is 18.9 Å². The lowest BCUT2D eigenvalue weighted by atomic mass is 10.4. The fourth-order valence-corrected chi connectivity index (χ4v) is 3.30. The quantitative estimate of drug-likeness (QED) is 0.682. The topological polar surface area (TPSA) is 56.6 Å². The first-order valence-corrected chi connectivity index (χ1v) is 8.85. The van der Waals surface area contributed by atoms with E-state index in [2.05, 4.69) is 18.8 Å². The molecule has 0 aliphatic carbocycles. The summed E-state index contributed by atoms with van der Waals surface area (Å²) in [5, 5.41) is 0. The molecule has 1 aliphatic heterocycles. The number of rotatable bonds is 8. The summed E-state index contributed by atoms with van der Waals surface area (Å²) in [7, 11) is 1.94. The van der Waals surface area contributed by atoms with Crippen molar-refractivity contribution in [2.75, 3.05) is 37.5 Å². The zero-order valence-corrected chi connectivity index (χ0v) is 14.3. The van der Waals surface area contributed by atoms with Crippen molar-refractivity contribution in [3.8, 4) is 0 Å². The van der Waals surface area contributed by atoms with Gasteiger partial charge in [-0.2, -0.15) is 4.98 Å². The summed E-state index contributed by atoms with van der Waals surface area (Å²) >= 11 is 1.68. The molecule has 0 amide bonds. The highest BCUT2D eigenvalue weighted by Crippen LogP contribution is 2.31. The zero-order valence-electron chi connectivity index (χ0n) is 13.5. The molecule has 0 spiro atoms. The van der Waals surface area contributed by atoms with Crippen molar-refractivity contribution in [1.29, 1.82) is 0 Å². The van der Waals surface area contributed by atoms with E-state index in [9.17, 15) is 4.79 Å². The Kier molecular flexibility index (Phi) is 6.72. The van der Waals surface area contributed by atoms with E-state index in [0.717, 1.165) is 31.7 Å². The van der Waals surface area contributed by atoms with E-state index in [0.29, 0.717) is 12.4 Å². The molecule has 2 atom stereocenters. The molecule has 1 saturated heterocycles. The number of anilines is 1. The standard InChI is InChI=1S/C15H25N3O3S/c1-4-7-17(3)12-6-8-18(15(19)16-12)13-11-22-14(21-13)10-20-9-5-2/h6,8,13-14H,4-5,7,9-11H2,1-3H3/t13-,14+/m0/s1. The summed E-state index contributed by atoms with van der Waals surface area (Å²) in [6, 6.07) is 1.87. The highest BCUT2D eigenvalue weighted by Gasteiger charge is 2.28. The highest BCUT2D eigenvalue weighted by atomic mass is 32.2. The van der Waals surface area contributed by atoms with Gasteiger partial charge in [-0.3, -0.25) is 4.57 Å². The van der Waals surface area contributed by atoms with Crippen molar-refractivity contribution in [1.82, 2.24) is 9.55 Å². The molecule has 0 aromatic carbocycles. The Morgan fingerprint density at radius 3 is 3.00 bits per heavy atom. The Bertz CT molecular complexity index is 523. The average Bonchev–Trinajstić information content (AvgIpc) is 2.96. The van der Waals surface area contributed by atoms with E-state index in [4.69, 9.17) is 9.47 Å². The summed E-state index contributed by atoms with van der Waals surface area (Å²) in [6.45, 7) is 6.36. The van der Waals surface area contributed by atoms with E-state index in [-0.39, 0.29) is 17.4 Å². The van der Waals surface area contributed by atoms with E-state index < -0.39 is 0 Å². The normalized spacial score (nSPS) is 21.2. The monoisotopic (exact) mass is 327 g/mol. The van der Waals surface area contributed by atoms with Crippen LogP contribution in [-0.2, 0) is 9.47 Å². The van der Waals surface area contributed by atoms with Crippen LogP contribution in [0.1, 0.15) is 32.9 Å². The lowest BCUT2D eigenvalue weighted by Crippen LogP contribution is -2.31. The Labute approximate surface area is 135 Å². The van der Waals surface area contributed by atoms with E-state index >= 15 is 0 Å². The van der Waals surface area contributed by atoms with Crippen molar-refractivity contribution in [2.24, 2.45) is 0 Å². The molecule has 0 radical (unpaired) electrons. The lowest BCUT2D eigenvalue weighted by molar-refractivity contribution is -0.0245. The van der Waals surface area contributed by atoms with Gasteiger partial charge < -0.3 is 14.4 Å². The van der Waals surface area contributed by atoms with Gasteiger partial charge in [-0.25, -0.2) is 4.79 Å². The van der Waals surface area contributed by atoms with Crippen LogP contribution >= 0.6 is 11.8 Å². The maximum Gasteiger partial charge on any atom is 0.351 e. The van der Waals surface area contributed by atoms with Crippen LogP contribution in [0.4, 0.5) is 5.82 Å². The Hall–Kier alpha value is -1.05. The molecule has 1 aromatic heterocycles. The van der Waals surface area contributed by atoms with Crippen LogP contribution in [0, 0.1) is 0 Å². The minimum Gasteiger partial charge on any atom is -0.378 e. The summed E-state index contributed by atoms with van der Waals surface area (Å²) in [6.07, 6.45) is 3.53. The maximum atomic E-state index is 12.2. The Morgan fingerprint density at radius 1 is 1.50 bits per heavy atom. The van der Waals surface area contributed by atoms with Crippen LogP contribution in [0.3, 0.4) is 0 Å². The number of nitrogens with zero attached hydrogens (tertiary/aromatic N) is 3. The molecule has 124 valence electrons. The molecule has 0 bridgehead atoms. The van der Waals surface area contributed by atoms with Crippen LogP contribution in [0.25, 0.3) is 0 Å². The van der Waals surface area contributed by atoms with Crippen LogP contribution in [0.2, 0.25) is 0 Å². The van der Waals surface area contributed by atoms with Crippen molar-refractivity contribution < 1.29 is 9.47 Å². The average molecular weight is 327 g/mol. The van der Waals surface area contributed by atoms with Crippen LogP contribution in [-0.4, -0.2) is 47.5 Å². The highest BCUT2D eigenvalue weighted by molar-refractivity contribution is 8.00. The molecule has 1 fully saturated rings. The minimum absolute atomic E-state index is 0.00843. The Balaban J connectivity index is 1.97. The van der Waals surface area contributed by atoms with Gasteiger partial charge in [-0.1, -0.05) is 13.8 Å². The van der Waals surface area contributed by atoms with Crippen molar-refractivity contribution in [2.45, 2.75) is 38.4 Å². The van der Waals surface area contributed by atoms with E-state index in [1.807, 2.05) is 18.0 Å². The maximum absolute atomic E-state index is 12.2. The van der Waals surface area contributed by atoms with Crippen molar-refractivity contribution in [3.05, 3.63) is 22.7 Å². The molecule has 6 nitrogen and oxygen atoms in total. The smallest absolute Gasteiger partial charge is 0.351 e. The van der Waals surface area contributed by atoms with Crippen LogP contribution < -0.4 is 10.6 Å². The molecule has 0 unspecified atom stereocenters. The second-order valence-corrected chi connectivity index (χ2v) is 6.52. The first kappa shape index (κ1) is 17.3. The van der Waals surface area contributed by atoms with Gasteiger partial charge in [0, 0.05) is 32.1 Å². The first-order valence-electron chi connectivity index (χ1n) is 7.80. The third-order valence-corrected chi connectivity index (χ3v) is 4.51. The molecule has 2 rings (SSSR count). The van der Waals surface area contributed by atoms with Crippen molar-refractivity contribution >= 4 is 17.6 Å². The lowest BCUT2D eigenvalue weighted by Gasteiger charge is -2.19. The number of aromatic nitrogens is 2. The van der Waals surface area contributed by atoms with Gasteiger partial charge in [0.2, 0.25) is 0 Å². The Morgan fingerprint density at radius 2 is 2.32 bits per heavy atom. The summed E-state index contributed by atoms with van der Waals surface area (Å²) < 4.78 is 12.9. The molecular weight excluding hydrogens is 302 g/mol. The zero-order chi connectivity index (χ0) is 15.9. The minimum atomic E-state index is -0.263. The molecule has 22 heavy (non-hydrogen) atoms. The number of ether oxygens (including phenoxy) is 2. The largest absolute Gasteiger partial charge is 0.378 e. The fraction of sp³-hybridized carbons (Fsp3) is 0.733. The summed E-state index contributed by atoms with van der Waals surface area (Å²) in [5.41, 5.74) is -0.271. The first-order chi connectivity index (χ1) is 10.7. The number of hydrogen-bond donors (Lipinski definition) is 0. The van der Waals surface area contributed by atoms with E-state index in [1.165, 1.54) is 0 Å². The summed E-state index contributed by atoms with van der Waals surface area (Å²) in [4.78, 5) is 18.3. The second kappa shape index (κ2) is 8.55. The third-order valence-electron chi connectivity index (χ3n) is 3.41. The molecule has 0 N–H and O–H groups in total. The molecule has 0 saturated carbocycles. The van der Waals surface area contributed by atoms with Crippen LogP contribution in [0.15, 0.2) is 17.1 Å². The molecule has 1 aromatic rings. The molecule has 2 heterocycles. The fourth-order valence-electron chi connectivity index (χ4n) is 2.29. The van der Waals surface area contributed by atoms with Gasteiger partial charge in [0.1, 0.15) is 17.5 Å². The number of thioether (sulfide) groups is 1. The second-order valence-electron chi connectivity index (χ2n) is 5.33. The van der Waals surface area contributed by atoms with E-state index in [1.54, 1.807) is 22.5 Å². The van der Waals surface area contributed by atoms with Crippen LogP contribution in [0.5, 0.6) is 0 Å². The SMILES string of the molecule is CCCOC[C@@H]1O[C@H](n2ccc(N(C)CCC)nc2=O)CS1. The van der Waals surface area contributed by atoms with Gasteiger partial charge in [0.05, 0.1) is 6.61 Å². The van der Waals surface area contributed by atoms with Crippen molar-refractivity contribution in [3.63, 3.8) is 0 Å². The predicted molar refractivity (Wildman–Crippen MR) is 89.5 cm³/mol. The number of hydrogen-bond acceptors (Lipinski definition) is 6. The molecule has 1 aliphatic rings. The van der Waals surface area contributed by atoms with Gasteiger partial charge in [-0.15, -0.1) is 11.8 Å². The third kappa shape index (κ3) is 4.47. The summed E-state index contributed by atoms with van der Waals surface area (Å²) in [5.74, 6) is 1.45. The van der Waals surface area contributed by atoms with Gasteiger partial charge in [0.15, 0.2) is 0 Å².